The molecule has 4 rings (SSSR count). The van der Waals surface area contributed by atoms with Gasteiger partial charge in [-0.15, -0.1) is 5.10 Å². The monoisotopic (exact) mass is 352 g/mol. The average molecular weight is 352 g/mol. The van der Waals surface area contributed by atoms with Gasteiger partial charge in [0.05, 0.1) is 6.54 Å². The minimum Gasteiger partial charge on any atom is -0.454 e. The standard InChI is InChI=1S/C18H16N4O2S/c1-25-18-20-17(19-10-13-5-3-2-4-6-13)22(21-18)11-14-7-8-15-16(9-14)24-12-23-15/h2-10H,11-12H2,1H3/b19-10-. The van der Waals surface area contributed by atoms with E-state index in [9.17, 15) is 0 Å². The normalized spacial score (nSPS) is 12.8. The van der Waals surface area contributed by atoms with Crippen LogP contribution < -0.4 is 9.47 Å². The SMILES string of the molecule is CSc1nc(/N=C\c2ccccc2)n(Cc2ccc3c(c2)OCO3)n1. The van der Waals surface area contributed by atoms with Gasteiger partial charge in [0.25, 0.3) is 0 Å². The third-order valence-corrected chi connectivity index (χ3v) is 4.25. The molecule has 0 atom stereocenters. The Hall–Kier alpha value is -2.80. The minimum absolute atomic E-state index is 0.269. The van der Waals surface area contributed by atoms with E-state index in [-0.39, 0.29) is 6.79 Å². The molecule has 0 spiro atoms. The van der Waals surface area contributed by atoms with E-state index < -0.39 is 0 Å². The summed E-state index contributed by atoms with van der Waals surface area (Å²) in [7, 11) is 0. The fourth-order valence-electron chi connectivity index (χ4n) is 2.49. The Kier molecular flexibility index (Phi) is 4.39. The Morgan fingerprint density at radius 3 is 2.84 bits per heavy atom. The lowest BCUT2D eigenvalue weighted by Gasteiger charge is -2.04. The summed E-state index contributed by atoms with van der Waals surface area (Å²) in [6, 6.07) is 15.8. The molecule has 0 fully saturated rings. The van der Waals surface area contributed by atoms with Gasteiger partial charge in [-0.25, -0.2) is 9.67 Å². The molecule has 7 heteroatoms. The van der Waals surface area contributed by atoms with Crippen molar-refractivity contribution >= 4 is 23.9 Å². The van der Waals surface area contributed by atoms with Gasteiger partial charge in [0.15, 0.2) is 11.5 Å². The highest BCUT2D eigenvalue weighted by Crippen LogP contribution is 2.33. The van der Waals surface area contributed by atoms with Gasteiger partial charge >= 0.3 is 0 Å². The van der Waals surface area contributed by atoms with Gasteiger partial charge in [0.2, 0.25) is 17.9 Å². The first-order valence-electron chi connectivity index (χ1n) is 7.78. The molecule has 25 heavy (non-hydrogen) atoms. The Balaban J connectivity index is 1.60. The van der Waals surface area contributed by atoms with Crippen molar-refractivity contribution in [3.63, 3.8) is 0 Å². The van der Waals surface area contributed by atoms with Crippen molar-refractivity contribution in [1.82, 2.24) is 14.8 Å². The molecule has 1 aromatic heterocycles. The molecule has 0 amide bonds. The molecule has 2 heterocycles. The Bertz CT molecular complexity index is 909. The second kappa shape index (κ2) is 6.98. The van der Waals surface area contributed by atoms with Crippen LogP contribution in [0, 0.1) is 0 Å². The van der Waals surface area contributed by atoms with Crippen molar-refractivity contribution < 1.29 is 9.47 Å². The Labute approximate surface area is 149 Å². The van der Waals surface area contributed by atoms with E-state index in [1.165, 1.54) is 11.8 Å². The maximum atomic E-state index is 5.44. The van der Waals surface area contributed by atoms with Crippen LogP contribution in [0.25, 0.3) is 0 Å². The molecule has 0 N–H and O–H groups in total. The zero-order valence-electron chi connectivity index (χ0n) is 13.6. The van der Waals surface area contributed by atoms with Crippen molar-refractivity contribution in [3.05, 3.63) is 59.7 Å². The van der Waals surface area contributed by atoms with E-state index in [0.29, 0.717) is 17.6 Å². The topological polar surface area (TPSA) is 61.5 Å². The first kappa shape index (κ1) is 15.7. The minimum atomic E-state index is 0.269. The summed E-state index contributed by atoms with van der Waals surface area (Å²) in [4.78, 5) is 8.98. The van der Waals surface area contributed by atoms with Gasteiger partial charge in [-0.2, -0.15) is 4.98 Å². The van der Waals surface area contributed by atoms with Crippen LogP contribution in [0.15, 0.2) is 58.7 Å². The summed E-state index contributed by atoms with van der Waals surface area (Å²) in [6.45, 7) is 0.830. The molecule has 0 saturated carbocycles. The van der Waals surface area contributed by atoms with Gasteiger partial charge in [-0.05, 0) is 29.5 Å². The molecule has 0 aliphatic carbocycles. The van der Waals surface area contributed by atoms with Crippen LogP contribution >= 0.6 is 11.8 Å². The molecular weight excluding hydrogens is 336 g/mol. The van der Waals surface area contributed by atoms with Crippen LogP contribution in [-0.2, 0) is 6.54 Å². The van der Waals surface area contributed by atoms with E-state index in [1.807, 2.05) is 54.8 Å². The number of hydrogen-bond acceptors (Lipinski definition) is 6. The predicted octanol–water partition coefficient (Wildman–Crippen LogP) is 3.53. The third-order valence-electron chi connectivity index (χ3n) is 3.71. The van der Waals surface area contributed by atoms with Gasteiger partial charge in [-0.3, -0.25) is 0 Å². The number of ether oxygens (including phenoxy) is 2. The van der Waals surface area contributed by atoms with Crippen molar-refractivity contribution in [2.45, 2.75) is 11.7 Å². The van der Waals surface area contributed by atoms with E-state index in [0.717, 1.165) is 22.6 Å². The lowest BCUT2D eigenvalue weighted by Crippen LogP contribution is -2.02. The van der Waals surface area contributed by atoms with Crippen LogP contribution in [-0.4, -0.2) is 34.0 Å². The number of thioether (sulfide) groups is 1. The average Bonchev–Trinajstić information content (AvgIpc) is 3.27. The number of rotatable bonds is 5. The zero-order valence-corrected chi connectivity index (χ0v) is 14.4. The fourth-order valence-corrected chi connectivity index (χ4v) is 2.84. The van der Waals surface area contributed by atoms with E-state index in [4.69, 9.17) is 9.47 Å². The molecule has 1 aliphatic rings. The third kappa shape index (κ3) is 3.51. The molecule has 0 radical (unpaired) electrons. The van der Waals surface area contributed by atoms with Gasteiger partial charge in [0, 0.05) is 6.21 Å². The Morgan fingerprint density at radius 1 is 1.16 bits per heavy atom. The number of aliphatic imine (C=N–C) groups is 1. The highest BCUT2D eigenvalue weighted by atomic mass is 32.2. The summed E-state index contributed by atoms with van der Waals surface area (Å²) < 4.78 is 12.6. The summed E-state index contributed by atoms with van der Waals surface area (Å²) >= 11 is 1.49. The molecule has 0 saturated heterocycles. The van der Waals surface area contributed by atoms with E-state index in [1.54, 1.807) is 10.9 Å². The maximum absolute atomic E-state index is 5.44. The first-order chi connectivity index (χ1) is 12.3. The van der Waals surface area contributed by atoms with Crippen molar-refractivity contribution in [1.29, 1.82) is 0 Å². The van der Waals surface area contributed by atoms with Crippen LogP contribution in [0.1, 0.15) is 11.1 Å². The van der Waals surface area contributed by atoms with Crippen LogP contribution in [0.2, 0.25) is 0 Å². The number of benzene rings is 2. The maximum Gasteiger partial charge on any atom is 0.249 e. The van der Waals surface area contributed by atoms with Crippen molar-refractivity contribution in [2.24, 2.45) is 4.99 Å². The lowest BCUT2D eigenvalue weighted by atomic mass is 10.2. The summed E-state index contributed by atoms with van der Waals surface area (Å²) in [5.41, 5.74) is 2.07. The predicted molar refractivity (Wildman–Crippen MR) is 97.2 cm³/mol. The second-order valence-corrected chi connectivity index (χ2v) is 6.19. The van der Waals surface area contributed by atoms with E-state index >= 15 is 0 Å². The highest BCUT2D eigenvalue weighted by Gasteiger charge is 2.15. The van der Waals surface area contributed by atoms with E-state index in [2.05, 4.69) is 15.1 Å². The van der Waals surface area contributed by atoms with Crippen LogP contribution in [0.5, 0.6) is 11.5 Å². The molecule has 3 aromatic rings. The lowest BCUT2D eigenvalue weighted by molar-refractivity contribution is 0.174. The molecule has 126 valence electrons. The molecule has 6 nitrogen and oxygen atoms in total. The number of aromatic nitrogens is 3. The quantitative estimate of drug-likeness (QED) is 0.519. The molecule has 0 bridgehead atoms. The largest absolute Gasteiger partial charge is 0.454 e. The van der Waals surface area contributed by atoms with Crippen LogP contribution in [0.3, 0.4) is 0 Å². The molecule has 2 aromatic carbocycles. The fraction of sp³-hybridized carbons (Fsp3) is 0.167. The number of nitrogens with zero attached hydrogens (tertiary/aromatic N) is 4. The van der Waals surface area contributed by atoms with Gasteiger partial charge < -0.3 is 9.47 Å². The van der Waals surface area contributed by atoms with Crippen molar-refractivity contribution in [3.8, 4) is 11.5 Å². The highest BCUT2D eigenvalue weighted by molar-refractivity contribution is 7.98. The summed E-state index contributed by atoms with van der Waals surface area (Å²) in [5, 5.41) is 5.21. The number of fused-ring (bicyclic) bond motifs is 1. The summed E-state index contributed by atoms with van der Waals surface area (Å²) in [6.07, 6.45) is 3.75. The van der Waals surface area contributed by atoms with Crippen molar-refractivity contribution in [2.75, 3.05) is 13.0 Å². The number of hydrogen-bond donors (Lipinski definition) is 0. The van der Waals surface area contributed by atoms with Gasteiger partial charge in [0.1, 0.15) is 0 Å². The van der Waals surface area contributed by atoms with Gasteiger partial charge in [-0.1, -0.05) is 48.2 Å². The smallest absolute Gasteiger partial charge is 0.249 e. The van der Waals surface area contributed by atoms with Crippen LogP contribution in [0.4, 0.5) is 5.95 Å². The Morgan fingerprint density at radius 2 is 2.00 bits per heavy atom. The second-order valence-electron chi connectivity index (χ2n) is 5.41. The molecule has 0 unspecified atom stereocenters. The molecule has 1 aliphatic heterocycles. The zero-order chi connectivity index (χ0) is 17.1. The molecular formula is C18H16N4O2S. The summed E-state index contributed by atoms with van der Waals surface area (Å²) in [5.74, 6) is 2.11. The first-order valence-corrected chi connectivity index (χ1v) is 9.01.